The Morgan fingerprint density at radius 2 is 1.19 bits per heavy atom. The second-order valence-electron chi connectivity index (χ2n) is 5.40. The topological polar surface area (TPSA) is 63.4 Å². The molecular formula is C19H12Br2N2O3. The van der Waals surface area contributed by atoms with E-state index in [4.69, 9.17) is 0 Å². The summed E-state index contributed by atoms with van der Waals surface area (Å²) in [5.74, 6) is -0.274. The molecule has 7 heteroatoms. The Bertz CT molecular complexity index is 895. The average molecular weight is 476 g/mol. The molecule has 0 saturated carbocycles. The molecule has 26 heavy (non-hydrogen) atoms. The van der Waals surface area contributed by atoms with Gasteiger partial charge in [-0.25, -0.2) is 0 Å². The highest BCUT2D eigenvalue weighted by Gasteiger charge is 2.20. The van der Waals surface area contributed by atoms with Crippen LogP contribution in [-0.2, 0) is 0 Å². The molecule has 1 amide bonds. The third-order valence-corrected chi connectivity index (χ3v) is 4.76. The molecule has 0 unspecified atom stereocenters. The van der Waals surface area contributed by atoms with Crippen LogP contribution in [0, 0.1) is 10.1 Å². The highest BCUT2D eigenvalue weighted by atomic mass is 79.9. The van der Waals surface area contributed by atoms with E-state index < -0.39 is 4.92 Å². The van der Waals surface area contributed by atoms with E-state index in [1.54, 1.807) is 4.90 Å². The molecule has 0 aliphatic carbocycles. The van der Waals surface area contributed by atoms with Crippen LogP contribution in [0.5, 0.6) is 0 Å². The zero-order chi connectivity index (χ0) is 18.7. The van der Waals surface area contributed by atoms with Crippen molar-refractivity contribution in [3.05, 3.63) is 97.4 Å². The van der Waals surface area contributed by atoms with Crippen molar-refractivity contribution in [2.45, 2.75) is 0 Å². The molecule has 0 spiro atoms. The molecule has 0 bridgehead atoms. The fraction of sp³-hybridized carbons (Fsp3) is 0. The van der Waals surface area contributed by atoms with Gasteiger partial charge in [0, 0.05) is 38.0 Å². The monoisotopic (exact) mass is 474 g/mol. The first-order valence-corrected chi connectivity index (χ1v) is 9.14. The van der Waals surface area contributed by atoms with Crippen molar-refractivity contribution in [3.8, 4) is 0 Å². The van der Waals surface area contributed by atoms with Gasteiger partial charge >= 0.3 is 0 Å². The predicted molar refractivity (Wildman–Crippen MR) is 108 cm³/mol. The normalized spacial score (nSPS) is 10.4. The summed E-state index contributed by atoms with van der Waals surface area (Å²) in [6, 6.07) is 20.3. The molecule has 0 saturated heterocycles. The Hall–Kier alpha value is -2.51. The van der Waals surface area contributed by atoms with E-state index in [2.05, 4.69) is 31.9 Å². The summed E-state index contributed by atoms with van der Waals surface area (Å²) in [5.41, 5.74) is 1.69. The standard InChI is InChI=1S/C19H12Br2N2O3/c20-14-3-9-16(10-4-14)22(17-11-5-15(21)6-12-17)19(24)13-1-7-18(8-2-13)23(25)26/h1-12H. The van der Waals surface area contributed by atoms with Gasteiger partial charge in [-0.3, -0.25) is 19.8 Å². The van der Waals surface area contributed by atoms with E-state index in [0.29, 0.717) is 16.9 Å². The Kier molecular flexibility index (Phi) is 5.49. The number of anilines is 2. The number of carbonyl (C=O) groups excluding carboxylic acids is 1. The van der Waals surface area contributed by atoms with Crippen LogP contribution >= 0.6 is 31.9 Å². The number of halogens is 2. The number of nitro groups is 1. The van der Waals surface area contributed by atoms with E-state index in [-0.39, 0.29) is 11.6 Å². The molecule has 0 aliphatic heterocycles. The van der Waals surface area contributed by atoms with Crippen molar-refractivity contribution in [2.24, 2.45) is 0 Å². The van der Waals surface area contributed by atoms with Crippen LogP contribution in [0.1, 0.15) is 10.4 Å². The summed E-state index contributed by atoms with van der Waals surface area (Å²) in [5, 5.41) is 10.8. The first kappa shape index (κ1) is 18.3. The molecule has 5 nitrogen and oxygen atoms in total. The molecule has 0 fully saturated rings. The number of hydrogen-bond acceptors (Lipinski definition) is 3. The Balaban J connectivity index is 2.04. The summed E-state index contributed by atoms with van der Waals surface area (Å²) in [6.45, 7) is 0. The maximum Gasteiger partial charge on any atom is 0.269 e. The molecule has 3 aromatic rings. The highest BCUT2D eigenvalue weighted by Crippen LogP contribution is 2.30. The lowest BCUT2D eigenvalue weighted by atomic mass is 10.1. The summed E-state index contributed by atoms with van der Waals surface area (Å²) in [4.78, 5) is 25.0. The maximum absolute atomic E-state index is 13.1. The molecular weight excluding hydrogens is 464 g/mol. The van der Waals surface area contributed by atoms with Gasteiger partial charge in [0.05, 0.1) is 4.92 Å². The van der Waals surface area contributed by atoms with Crippen LogP contribution in [0.25, 0.3) is 0 Å². The molecule has 3 aromatic carbocycles. The first-order valence-electron chi connectivity index (χ1n) is 7.56. The van der Waals surface area contributed by atoms with Gasteiger partial charge in [-0.05, 0) is 60.7 Å². The summed E-state index contributed by atoms with van der Waals surface area (Å²) in [7, 11) is 0. The number of rotatable bonds is 4. The molecule has 0 atom stereocenters. The Morgan fingerprint density at radius 1 is 0.769 bits per heavy atom. The van der Waals surface area contributed by atoms with Crippen LogP contribution < -0.4 is 4.90 Å². The Labute approximate surface area is 166 Å². The molecule has 130 valence electrons. The zero-order valence-corrected chi connectivity index (χ0v) is 16.5. The number of amides is 1. The van der Waals surface area contributed by atoms with E-state index in [1.807, 2.05) is 48.5 Å². The fourth-order valence-corrected chi connectivity index (χ4v) is 2.95. The van der Waals surface area contributed by atoms with Gasteiger partial charge in [-0.15, -0.1) is 0 Å². The number of non-ortho nitro benzene ring substituents is 1. The van der Waals surface area contributed by atoms with Crippen molar-refractivity contribution in [1.82, 2.24) is 0 Å². The number of nitro benzene ring substituents is 1. The van der Waals surface area contributed by atoms with Gasteiger partial charge in [0.25, 0.3) is 11.6 Å². The number of nitrogens with zero attached hydrogens (tertiary/aromatic N) is 2. The molecule has 0 radical (unpaired) electrons. The molecule has 0 aliphatic rings. The SMILES string of the molecule is O=C(c1ccc([N+](=O)[O-])cc1)N(c1ccc(Br)cc1)c1ccc(Br)cc1. The summed E-state index contributed by atoms with van der Waals surface area (Å²) < 4.78 is 1.81. The highest BCUT2D eigenvalue weighted by molar-refractivity contribution is 9.10. The third kappa shape index (κ3) is 4.00. The largest absolute Gasteiger partial charge is 0.277 e. The van der Waals surface area contributed by atoms with E-state index in [9.17, 15) is 14.9 Å². The number of hydrogen-bond donors (Lipinski definition) is 0. The van der Waals surface area contributed by atoms with E-state index in [0.717, 1.165) is 8.95 Å². The molecule has 0 N–H and O–H groups in total. The lowest BCUT2D eigenvalue weighted by Gasteiger charge is -2.23. The van der Waals surface area contributed by atoms with Gasteiger partial charge in [-0.2, -0.15) is 0 Å². The average Bonchev–Trinajstić information content (AvgIpc) is 2.65. The number of benzene rings is 3. The second kappa shape index (κ2) is 7.80. The van der Waals surface area contributed by atoms with Crippen LogP contribution in [-0.4, -0.2) is 10.8 Å². The molecule has 0 heterocycles. The zero-order valence-electron chi connectivity index (χ0n) is 13.3. The van der Waals surface area contributed by atoms with Crippen molar-refractivity contribution >= 4 is 54.8 Å². The quantitative estimate of drug-likeness (QED) is 0.338. The van der Waals surface area contributed by atoms with E-state index >= 15 is 0 Å². The maximum atomic E-state index is 13.1. The second-order valence-corrected chi connectivity index (χ2v) is 7.23. The minimum atomic E-state index is -0.491. The van der Waals surface area contributed by atoms with Crippen molar-refractivity contribution in [2.75, 3.05) is 4.90 Å². The predicted octanol–water partition coefficient (Wildman–Crippen LogP) is 6.10. The van der Waals surface area contributed by atoms with Crippen LogP contribution in [0.3, 0.4) is 0 Å². The van der Waals surface area contributed by atoms with Crippen LogP contribution in [0.2, 0.25) is 0 Å². The summed E-state index contributed by atoms with van der Waals surface area (Å²) >= 11 is 6.78. The summed E-state index contributed by atoms with van der Waals surface area (Å²) in [6.07, 6.45) is 0. The van der Waals surface area contributed by atoms with Crippen LogP contribution in [0.4, 0.5) is 17.1 Å². The Morgan fingerprint density at radius 3 is 1.58 bits per heavy atom. The van der Waals surface area contributed by atoms with E-state index in [1.165, 1.54) is 24.3 Å². The molecule has 0 aromatic heterocycles. The van der Waals surface area contributed by atoms with Crippen molar-refractivity contribution in [1.29, 1.82) is 0 Å². The van der Waals surface area contributed by atoms with Gasteiger partial charge < -0.3 is 0 Å². The fourth-order valence-electron chi connectivity index (χ4n) is 2.42. The first-order chi connectivity index (χ1) is 12.5. The minimum absolute atomic E-state index is 0.0552. The third-order valence-electron chi connectivity index (χ3n) is 3.70. The smallest absolute Gasteiger partial charge is 0.269 e. The van der Waals surface area contributed by atoms with Gasteiger partial charge in [0.15, 0.2) is 0 Å². The minimum Gasteiger partial charge on any atom is -0.277 e. The molecule has 3 rings (SSSR count). The van der Waals surface area contributed by atoms with Gasteiger partial charge in [0.2, 0.25) is 0 Å². The number of carbonyl (C=O) groups is 1. The van der Waals surface area contributed by atoms with Gasteiger partial charge in [-0.1, -0.05) is 31.9 Å². The van der Waals surface area contributed by atoms with Gasteiger partial charge in [0.1, 0.15) is 0 Å². The van der Waals surface area contributed by atoms with Crippen LogP contribution in [0.15, 0.2) is 81.7 Å². The van der Waals surface area contributed by atoms with Crippen molar-refractivity contribution < 1.29 is 9.72 Å². The lowest BCUT2D eigenvalue weighted by molar-refractivity contribution is -0.384. The van der Waals surface area contributed by atoms with Crippen molar-refractivity contribution in [3.63, 3.8) is 0 Å². The lowest BCUT2D eigenvalue weighted by Crippen LogP contribution is -2.25.